The van der Waals surface area contributed by atoms with Gasteiger partial charge < -0.3 is 4.52 Å². The topological polar surface area (TPSA) is 98.0 Å². The number of nitrogens with zero attached hydrogens (tertiary/aromatic N) is 3. The predicted octanol–water partition coefficient (Wildman–Crippen LogP) is 1.89. The summed E-state index contributed by atoms with van der Waals surface area (Å²) in [6, 6.07) is 7.07. The molecule has 0 radical (unpaired) electrons. The molecule has 0 atom stereocenters. The Morgan fingerprint density at radius 3 is 2.74 bits per heavy atom. The molecule has 4 rings (SSSR count). The van der Waals surface area contributed by atoms with Crippen molar-refractivity contribution in [2.45, 2.75) is 30.2 Å². The van der Waals surface area contributed by atoms with Crippen LogP contribution in [0.3, 0.4) is 0 Å². The molecule has 118 valence electrons. The Labute approximate surface area is 132 Å². The van der Waals surface area contributed by atoms with E-state index in [2.05, 4.69) is 19.8 Å². The van der Waals surface area contributed by atoms with Gasteiger partial charge in [0, 0.05) is 11.6 Å². The van der Waals surface area contributed by atoms with E-state index in [0.29, 0.717) is 35.1 Å². The molecular weight excluding hydrogens is 316 g/mol. The van der Waals surface area contributed by atoms with Crippen molar-refractivity contribution in [2.75, 3.05) is 0 Å². The molecule has 0 amide bonds. The largest absolute Gasteiger partial charge is 0.343 e. The highest BCUT2D eigenvalue weighted by molar-refractivity contribution is 7.89. The lowest BCUT2D eigenvalue weighted by molar-refractivity contribution is 0.399. The fraction of sp³-hybridized carbons (Fsp3) is 0.267. The lowest BCUT2D eigenvalue weighted by atomic mass is 10.1. The Hall–Kier alpha value is -2.32. The van der Waals surface area contributed by atoms with Crippen LogP contribution in [0.1, 0.15) is 24.2 Å². The number of sulfonamides is 1. The van der Waals surface area contributed by atoms with Crippen LogP contribution in [0.15, 0.2) is 46.3 Å². The quantitative estimate of drug-likeness (QED) is 0.784. The number of benzene rings is 1. The van der Waals surface area contributed by atoms with Gasteiger partial charge in [0.25, 0.3) is 0 Å². The van der Waals surface area contributed by atoms with Crippen molar-refractivity contribution < 1.29 is 12.9 Å². The smallest absolute Gasteiger partial charge is 0.242 e. The molecule has 8 heteroatoms. The van der Waals surface area contributed by atoms with E-state index in [1.165, 1.54) is 6.39 Å². The van der Waals surface area contributed by atoms with E-state index in [1.807, 2.05) is 6.07 Å². The summed E-state index contributed by atoms with van der Waals surface area (Å²) in [6.45, 7) is 1.77. The second-order valence-electron chi connectivity index (χ2n) is 5.72. The van der Waals surface area contributed by atoms with E-state index in [9.17, 15) is 8.42 Å². The van der Waals surface area contributed by atoms with Gasteiger partial charge in [0.2, 0.25) is 16.4 Å². The minimum absolute atomic E-state index is 0.248. The van der Waals surface area contributed by atoms with Crippen molar-refractivity contribution in [1.29, 1.82) is 0 Å². The molecule has 1 aliphatic rings. The highest BCUT2D eigenvalue weighted by Crippen LogP contribution is 2.45. The van der Waals surface area contributed by atoms with Crippen LogP contribution in [0, 0.1) is 6.92 Å². The van der Waals surface area contributed by atoms with Crippen molar-refractivity contribution >= 4 is 20.9 Å². The van der Waals surface area contributed by atoms with Gasteiger partial charge in [-0.25, -0.2) is 8.42 Å². The number of rotatable bonds is 4. The zero-order chi connectivity index (χ0) is 16.1. The van der Waals surface area contributed by atoms with Crippen LogP contribution in [-0.4, -0.2) is 23.5 Å². The summed E-state index contributed by atoms with van der Waals surface area (Å²) in [5, 5.41) is 4.39. The van der Waals surface area contributed by atoms with Gasteiger partial charge in [-0.15, -0.1) is 0 Å². The van der Waals surface area contributed by atoms with Gasteiger partial charge in [-0.1, -0.05) is 11.2 Å². The van der Waals surface area contributed by atoms with E-state index in [4.69, 9.17) is 4.52 Å². The fourth-order valence-electron chi connectivity index (χ4n) is 2.78. The standard InChI is InChI=1S/C15H14N4O3S/c1-10-4-5-12-11(3-2-8-16-12)13(10)23(20,21)19-15(6-7-15)14-17-9-22-18-14/h2-5,8-9,19H,6-7H2,1H3. The van der Waals surface area contributed by atoms with Crippen LogP contribution in [0.4, 0.5) is 0 Å². The number of aromatic nitrogens is 3. The zero-order valence-electron chi connectivity index (χ0n) is 12.4. The second-order valence-corrected chi connectivity index (χ2v) is 7.34. The molecular formula is C15H14N4O3S. The molecule has 1 N–H and O–H groups in total. The van der Waals surface area contributed by atoms with Gasteiger partial charge in [0.15, 0.2) is 5.82 Å². The Morgan fingerprint density at radius 1 is 1.22 bits per heavy atom. The zero-order valence-corrected chi connectivity index (χ0v) is 13.2. The van der Waals surface area contributed by atoms with Crippen molar-refractivity contribution in [3.8, 4) is 0 Å². The molecule has 0 unspecified atom stereocenters. The normalized spacial score (nSPS) is 16.6. The lowest BCUT2D eigenvalue weighted by Gasteiger charge is -2.16. The lowest BCUT2D eigenvalue weighted by Crippen LogP contribution is -2.36. The van der Waals surface area contributed by atoms with Gasteiger partial charge >= 0.3 is 0 Å². The van der Waals surface area contributed by atoms with Crippen molar-refractivity contribution in [3.63, 3.8) is 0 Å². The average Bonchev–Trinajstić information content (AvgIpc) is 3.08. The number of fused-ring (bicyclic) bond motifs is 1. The summed E-state index contributed by atoms with van der Waals surface area (Å²) in [4.78, 5) is 8.47. The van der Waals surface area contributed by atoms with Crippen LogP contribution in [0.25, 0.3) is 10.9 Å². The molecule has 3 aromatic rings. The molecule has 0 spiro atoms. The third-order valence-corrected chi connectivity index (χ3v) is 5.81. The third kappa shape index (κ3) is 2.30. The monoisotopic (exact) mass is 330 g/mol. The Bertz CT molecular complexity index is 979. The molecule has 2 heterocycles. The highest BCUT2D eigenvalue weighted by Gasteiger charge is 2.51. The Morgan fingerprint density at radius 2 is 2.04 bits per heavy atom. The molecule has 0 saturated heterocycles. The summed E-state index contributed by atoms with van der Waals surface area (Å²) < 4.78 is 33.5. The maximum Gasteiger partial charge on any atom is 0.242 e. The molecule has 7 nitrogen and oxygen atoms in total. The third-order valence-electron chi connectivity index (χ3n) is 4.07. The number of nitrogens with one attached hydrogen (secondary N) is 1. The molecule has 1 fully saturated rings. The van der Waals surface area contributed by atoms with E-state index < -0.39 is 15.6 Å². The number of hydrogen-bond acceptors (Lipinski definition) is 6. The van der Waals surface area contributed by atoms with Gasteiger partial charge in [0.1, 0.15) is 0 Å². The summed E-state index contributed by atoms with van der Waals surface area (Å²) in [6.07, 6.45) is 4.14. The number of pyridine rings is 1. The minimum atomic E-state index is -3.75. The van der Waals surface area contributed by atoms with Crippen LogP contribution < -0.4 is 4.72 Å². The molecule has 1 saturated carbocycles. The van der Waals surface area contributed by atoms with E-state index in [0.717, 1.165) is 0 Å². The van der Waals surface area contributed by atoms with Gasteiger partial charge in [-0.3, -0.25) is 4.98 Å². The number of hydrogen-bond donors (Lipinski definition) is 1. The second kappa shape index (κ2) is 4.84. The van der Waals surface area contributed by atoms with Gasteiger partial charge in [-0.05, 0) is 43.5 Å². The molecule has 23 heavy (non-hydrogen) atoms. The van der Waals surface area contributed by atoms with Crippen molar-refractivity contribution in [2.24, 2.45) is 0 Å². The summed E-state index contributed by atoms with van der Waals surface area (Å²) in [7, 11) is -3.75. The van der Waals surface area contributed by atoms with Gasteiger partial charge in [-0.2, -0.15) is 9.71 Å². The Balaban J connectivity index is 1.83. The van der Waals surface area contributed by atoms with Crippen LogP contribution >= 0.6 is 0 Å². The first kappa shape index (κ1) is 14.3. The summed E-state index contributed by atoms with van der Waals surface area (Å²) in [5.41, 5.74) is 0.549. The molecule has 1 aliphatic carbocycles. The van der Waals surface area contributed by atoms with Crippen molar-refractivity contribution in [3.05, 3.63) is 48.2 Å². The highest BCUT2D eigenvalue weighted by atomic mass is 32.2. The first-order valence-electron chi connectivity index (χ1n) is 7.17. The van der Waals surface area contributed by atoms with E-state index >= 15 is 0 Å². The number of aryl methyl sites for hydroxylation is 1. The predicted molar refractivity (Wildman–Crippen MR) is 82.0 cm³/mol. The maximum absolute atomic E-state index is 13.0. The van der Waals surface area contributed by atoms with E-state index in [1.54, 1.807) is 31.3 Å². The summed E-state index contributed by atoms with van der Waals surface area (Å²) >= 11 is 0. The maximum atomic E-state index is 13.0. The minimum Gasteiger partial charge on any atom is -0.343 e. The van der Waals surface area contributed by atoms with E-state index in [-0.39, 0.29) is 4.90 Å². The van der Waals surface area contributed by atoms with Crippen LogP contribution in [0.2, 0.25) is 0 Å². The molecule has 1 aromatic carbocycles. The van der Waals surface area contributed by atoms with Crippen LogP contribution in [-0.2, 0) is 15.6 Å². The molecule has 0 bridgehead atoms. The summed E-state index contributed by atoms with van der Waals surface area (Å²) in [5.74, 6) is 0.372. The van der Waals surface area contributed by atoms with Crippen molar-refractivity contribution in [1.82, 2.24) is 19.8 Å². The fourth-order valence-corrected chi connectivity index (χ4v) is 4.64. The molecule has 0 aliphatic heterocycles. The SMILES string of the molecule is Cc1ccc2ncccc2c1S(=O)(=O)NC1(c2ncon2)CC1. The first-order chi connectivity index (χ1) is 11.0. The van der Waals surface area contributed by atoms with Crippen LogP contribution in [0.5, 0.6) is 0 Å². The average molecular weight is 330 g/mol. The Kier molecular flexibility index (Phi) is 3.00. The first-order valence-corrected chi connectivity index (χ1v) is 8.65. The molecule has 2 aromatic heterocycles. The van der Waals surface area contributed by atoms with Gasteiger partial charge in [0.05, 0.1) is 16.0 Å².